The second-order valence-corrected chi connectivity index (χ2v) is 4.99. The van der Waals surface area contributed by atoms with Crippen LogP contribution in [0.3, 0.4) is 0 Å². The Bertz CT molecular complexity index is 383. The van der Waals surface area contributed by atoms with E-state index in [1.54, 1.807) is 0 Å². The highest BCUT2D eigenvalue weighted by Gasteiger charge is 2.23. The molecule has 2 unspecified atom stereocenters. The number of piperidine rings is 1. The standard InChI is InChI=1S/C13H16ClNO2/c14-11-4-2-10(3-5-11)12-6-1-9(8-15-12)7-13(16)17/h2-5,9,12,15H,1,6-8H2,(H,16,17). The molecule has 0 saturated carbocycles. The Morgan fingerprint density at radius 3 is 2.59 bits per heavy atom. The molecular weight excluding hydrogens is 238 g/mol. The number of hydrogen-bond acceptors (Lipinski definition) is 2. The highest BCUT2D eigenvalue weighted by molar-refractivity contribution is 6.30. The maximum atomic E-state index is 10.6. The summed E-state index contributed by atoms with van der Waals surface area (Å²) in [6.07, 6.45) is 2.21. The van der Waals surface area contributed by atoms with E-state index in [9.17, 15) is 4.79 Å². The van der Waals surface area contributed by atoms with Gasteiger partial charge in [-0.15, -0.1) is 0 Å². The van der Waals surface area contributed by atoms with Gasteiger partial charge in [0.1, 0.15) is 0 Å². The SMILES string of the molecule is O=C(O)CC1CCC(c2ccc(Cl)cc2)NC1. The first-order chi connectivity index (χ1) is 8.15. The van der Waals surface area contributed by atoms with Gasteiger partial charge in [-0.05, 0) is 43.0 Å². The number of nitrogens with one attached hydrogen (secondary N) is 1. The summed E-state index contributed by atoms with van der Waals surface area (Å²) in [6.45, 7) is 0.777. The zero-order chi connectivity index (χ0) is 12.3. The summed E-state index contributed by atoms with van der Waals surface area (Å²) in [7, 11) is 0. The van der Waals surface area contributed by atoms with Gasteiger partial charge in [0.2, 0.25) is 0 Å². The molecule has 0 aliphatic carbocycles. The average molecular weight is 254 g/mol. The molecule has 0 bridgehead atoms. The zero-order valence-electron chi connectivity index (χ0n) is 9.53. The lowest BCUT2D eigenvalue weighted by atomic mass is 9.89. The van der Waals surface area contributed by atoms with Crippen LogP contribution in [-0.2, 0) is 4.79 Å². The Hall–Kier alpha value is -1.06. The molecule has 2 N–H and O–H groups in total. The number of carboxylic acids is 1. The molecule has 2 rings (SSSR count). The third-order valence-corrected chi connectivity index (χ3v) is 3.50. The fraction of sp³-hybridized carbons (Fsp3) is 0.462. The van der Waals surface area contributed by atoms with Gasteiger partial charge in [-0.1, -0.05) is 23.7 Å². The third-order valence-electron chi connectivity index (χ3n) is 3.25. The summed E-state index contributed by atoms with van der Waals surface area (Å²) in [5.74, 6) is -0.446. The molecule has 1 aromatic rings. The zero-order valence-corrected chi connectivity index (χ0v) is 10.3. The van der Waals surface area contributed by atoms with E-state index in [0.717, 1.165) is 24.4 Å². The predicted molar refractivity (Wildman–Crippen MR) is 67.2 cm³/mol. The Morgan fingerprint density at radius 2 is 2.06 bits per heavy atom. The lowest BCUT2D eigenvalue weighted by molar-refractivity contribution is -0.138. The summed E-state index contributed by atoms with van der Waals surface area (Å²) >= 11 is 5.85. The number of halogens is 1. The van der Waals surface area contributed by atoms with Crippen molar-refractivity contribution in [2.24, 2.45) is 5.92 Å². The molecule has 0 spiro atoms. The maximum absolute atomic E-state index is 10.6. The van der Waals surface area contributed by atoms with Crippen molar-refractivity contribution in [3.8, 4) is 0 Å². The fourth-order valence-corrected chi connectivity index (χ4v) is 2.44. The van der Waals surface area contributed by atoms with Crippen molar-refractivity contribution >= 4 is 17.6 Å². The molecule has 1 aromatic carbocycles. The van der Waals surface area contributed by atoms with Gasteiger partial charge in [0.25, 0.3) is 0 Å². The Kier molecular flexibility index (Phi) is 4.02. The second-order valence-electron chi connectivity index (χ2n) is 4.55. The molecule has 1 aliphatic heterocycles. The monoisotopic (exact) mass is 253 g/mol. The van der Waals surface area contributed by atoms with E-state index >= 15 is 0 Å². The highest BCUT2D eigenvalue weighted by Crippen LogP contribution is 2.27. The number of carbonyl (C=O) groups is 1. The summed E-state index contributed by atoms with van der Waals surface area (Å²) in [4.78, 5) is 10.6. The molecule has 1 heterocycles. The van der Waals surface area contributed by atoms with Gasteiger partial charge >= 0.3 is 5.97 Å². The van der Waals surface area contributed by atoms with Crippen LogP contribution >= 0.6 is 11.6 Å². The number of hydrogen-bond donors (Lipinski definition) is 2. The summed E-state index contributed by atoms with van der Waals surface area (Å²) in [5, 5.41) is 12.9. The molecule has 3 nitrogen and oxygen atoms in total. The van der Waals surface area contributed by atoms with Crippen molar-refractivity contribution in [1.82, 2.24) is 5.32 Å². The molecule has 0 aromatic heterocycles. The van der Waals surface area contributed by atoms with E-state index in [1.165, 1.54) is 5.56 Å². The van der Waals surface area contributed by atoms with Crippen LogP contribution in [0.1, 0.15) is 30.9 Å². The van der Waals surface area contributed by atoms with Crippen LogP contribution in [0.25, 0.3) is 0 Å². The fourth-order valence-electron chi connectivity index (χ4n) is 2.32. The predicted octanol–water partition coefficient (Wildman–Crippen LogP) is 2.86. The molecule has 2 atom stereocenters. The average Bonchev–Trinajstić information content (AvgIpc) is 2.30. The summed E-state index contributed by atoms with van der Waals surface area (Å²) in [5.41, 5.74) is 1.23. The van der Waals surface area contributed by atoms with Crippen LogP contribution in [0.5, 0.6) is 0 Å². The molecule has 0 amide bonds. The van der Waals surface area contributed by atoms with Gasteiger partial charge in [0, 0.05) is 17.5 Å². The van der Waals surface area contributed by atoms with Crippen molar-refractivity contribution in [3.63, 3.8) is 0 Å². The molecular formula is C13H16ClNO2. The Morgan fingerprint density at radius 1 is 1.35 bits per heavy atom. The third kappa shape index (κ3) is 3.45. The maximum Gasteiger partial charge on any atom is 0.303 e. The van der Waals surface area contributed by atoms with E-state index in [-0.39, 0.29) is 12.3 Å². The molecule has 17 heavy (non-hydrogen) atoms. The minimum absolute atomic E-state index is 0.260. The van der Waals surface area contributed by atoms with Crippen molar-refractivity contribution in [2.45, 2.75) is 25.3 Å². The normalized spacial score (nSPS) is 24.5. The van der Waals surface area contributed by atoms with Crippen LogP contribution in [-0.4, -0.2) is 17.6 Å². The largest absolute Gasteiger partial charge is 0.481 e. The van der Waals surface area contributed by atoms with Gasteiger partial charge in [-0.2, -0.15) is 0 Å². The van der Waals surface area contributed by atoms with Gasteiger partial charge in [-0.25, -0.2) is 0 Å². The van der Waals surface area contributed by atoms with Gasteiger partial charge in [0.15, 0.2) is 0 Å². The molecule has 92 valence electrons. The molecule has 1 aliphatic rings. The first kappa shape index (κ1) is 12.4. The van der Waals surface area contributed by atoms with Crippen molar-refractivity contribution in [1.29, 1.82) is 0 Å². The minimum Gasteiger partial charge on any atom is -0.481 e. The second kappa shape index (κ2) is 5.52. The number of rotatable bonds is 3. The van der Waals surface area contributed by atoms with Crippen molar-refractivity contribution < 1.29 is 9.90 Å². The molecule has 4 heteroatoms. The number of carboxylic acid groups (broad SMARTS) is 1. The van der Waals surface area contributed by atoms with Crippen LogP contribution in [0.2, 0.25) is 5.02 Å². The van der Waals surface area contributed by atoms with Crippen LogP contribution < -0.4 is 5.32 Å². The van der Waals surface area contributed by atoms with Crippen molar-refractivity contribution in [2.75, 3.05) is 6.54 Å². The highest BCUT2D eigenvalue weighted by atomic mass is 35.5. The van der Waals surface area contributed by atoms with Crippen molar-refractivity contribution in [3.05, 3.63) is 34.9 Å². The van der Waals surface area contributed by atoms with E-state index < -0.39 is 5.97 Å². The van der Waals surface area contributed by atoms with Crippen LogP contribution in [0, 0.1) is 5.92 Å². The van der Waals surface area contributed by atoms with E-state index in [0.29, 0.717) is 6.04 Å². The van der Waals surface area contributed by atoms with Gasteiger partial charge in [0.05, 0.1) is 0 Å². The van der Waals surface area contributed by atoms with E-state index in [4.69, 9.17) is 16.7 Å². The lowest BCUT2D eigenvalue weighted by Gasteiger charge is -2.29. The molecule has 0 radical (unpaired) electrons. The molecule has 1 saturated heterocycles. The van der Waals surface area contributed by atoms with E-state index in [1.807, 2.05) is 24.3 Å². The summed E-state index contributed by atoms with van der Waals surface area (Å²) in [6, 6.07) is 8.16. The Balaban J connectivity index is 1.90. The van der Waals surface area contributed by atoms with Crippen LogP contribution in [0.4, 0.5) is 0 Å². The smallest absolute Gasteiger partial charge is 0.303 e. The number of aliphatic carboxylic acids is 1. The summed E-state index contributed by atoms with van der Waals surface area (Å²) < 4.78 is 0. The number of benzene rings is 1. The Labute approximate surface area is 106 Å². The quantitative estimate of drug-likeness (QED) is 0.871. The first-order valence-electron chi connectivity index (χ1n) is 5.86. The first-order valence-corrected chi connectivity index (χ1v) is 6.23. The minimum atomic E-state index is -0.707. The lowest BCUT2D eigenvalue weighted by Crippen LogP contribution is -2.34. The topological polar surface area (TPSA) is 49.3 Å². The van der Waals surface area contributed by atoms with Crippen LogP contribution in [0.15, 0.2) is 24.3 Å². The molecule has 1 fully saturated rings. The van der Waals surface area contributed by atoms with E-state index in [2.05, 4.69) is 5.32 Å². The van der Waals surface area contributed by atoms with Gasteiger partial charge < -0.3 is 10.4 Å². The van der Waals surface area contributed by atoms with Gasteiger partial charge in [-0.3, -0.25) is 4.79 Å².